The molecular weight excluding hydrogens is 380 g/mol. The molecule has 0 spiro atoms. The second-order valence-corrected chi connectivity index (χ2v) is 9.23. The number of hydrogen-bond acceptors (Lipinski definition) is 9. The SMILES string of the molecule is CN(CCOC1CCC(CC2SC(=O)NC2=O)CC1)C1NCNC2N=CNC21. The van der Waals surface area contributed by atoms with E-state index in [9.17, 15) is 9.59 Å². The Bertz CT molecular complexity index is 612. The normalized spacial score (nSPS) is 37.8. The van der Waals surface area contributed by atoms with Crippen LogP contribution in [0, 0.1) is 5.92 Å². The predicted molar refractivity (Wildman–Crippen MR) is 108 cm³/mol. The monoisotopic (exact) mass is 410 g/mol. The Balaban J connectivity index is 1.13. The molecule has 3 heterocycles. The van der Waals surface area contributed by atoms with E-state index in [1.165, 1.54) is 0 Å². The number of hydrogen-bond donors (Lipinski definition) is 4. The van der Waals surface area contributed by atoms with Crippen molar-refractivity contribution in [3.8, 4) is 0 Å². The van der Waals surface area contributed by atoms with E-state index in [1.807, 2.05) is 0 Å². The molecule has 4 aliphatic rings. The molecule has 9 nitrogen and oxygen atoms in total. The van der Waals surface area contributed by atoms with Gasteiger partial charge in [-0.15, -0.1) is 0 Å². The number of amides is 2. The number of ether oxygens (including phenoxy) is 1. The van der Waals surface area contributed by atoms with E-state index in [0.717, 1.165) is 57.1 Å². The van der Waals surface area contributed by atoms with E-state index >= 15 is 0 Å². The van der Waals surface area contributed by atoms with Gasteiger partial charge in [0.15, 0.2) is 0 Å². The van der Waals surface area contributed by atoms with Gasteiger partial charge in [-0.25, -0.2) is 0 Å². The van der Waals surface area contributed by atoms with Crippen molar-refractivity contribution < 1.29 is 14.3 Å². The highest BCUT2D eigenvalue weighted by molar-refractivity contribution is 8.15. The summed E-state index contributed by atoms with van der Waals surface area (Å²) in [5, 5.41) is 12.1. The maximum atomic E-state index is 11.7. The summed E-state index contributed by atoms with van der Waals surface area (Å²) in [5.74, 6) is 0.397. The Morgan fingerprint density at radius 1 is 1.25 bits per heavy atom. The van der Waals surface area contributed by atoms with Crippen LogP contribution < -0.4 is 21.3 Å². The van der Waals surface area contributed by atoms with Crippen LogP contribution in [0.2, 0.25) is 0 Å². The van der Waals surface area contributed by atoms with Crippen LogP contribution in [0.4, 0.5) is 4.79 Å². The summed E-state index contributed by atoms with van der Waals surface area (Å²) in [6, 6.07) is 0.242. The van der Waals surface area contributed by atoms with Crippen molar-refractivity contribution in [2.24, 2.45) is 10.9 Å². The molecule has 4 unspecified atom stereocenters. The molecule has 4 N–H and O–H groups in total. The van der Waals surface area contributed by atoms with Gasteiger partial charge in [0.2, 0.25) is 5.91 Å². The van der Waals surface area contributed by atoms with Crippen molar-refractivity contribution >= 4 is 29.2 Å². The average molecular weight is 411 g/mol. The number of imide groups is 1. The standard InChI is InChI=1S/C18H30N6O3S/c1-24(16-14-15(20-9-19-14)21-10-22-16)6-7-27-12-4-2-11(3-5-12)8-13-17(25)23-18(26)28-13/h9,11-16,21-22H,2-8,10H2,1H3,(H,19,20)(H,23,25,26). The first-order chi connectivity index (χ1) is 13.6. The summed E-state index contributed by atoms with van der Waals surface area (Å²) in [6.07, 6.45) is 7.47. The first-order valence-corrected chi connectivity index (χ1v) is 11.1. The average Bonchev–Trinajstić information content (AvgIpc) is 3.29. The topological polar surface area (TPSA) is 107 Å². The van der Waals surface area contributed by atoms with E-state index in [-0.39, 0.29) is 34.8 Å². The minimum Gasteiger partial charge on any atom is -0.377 e. The molecule has 156 valence electrons. The Labute approximate surface area is 169 Å². The second kappa shape index (κ2) is 9.08. The summed E-state index contributed by atoms with van der Waals surface area (Å²) < 4.78 is 6.14. The van der Waals surface area contributed by atoms with Gasteiger partial charge in [-0.05, 0) is 45.1 Å². The van der Waals surface area contributed by atoms with Crippen molar-refractivity contribution in [3.63, 3.8) is 0 Å². The summed E-state index contributed by atoms with van der Waals surface area (Å²) in [5.41, 5.74) is 0. The molecule has 3 fully saturated rings. The molecule has 0 radical (unpaired) electrons. The fourth-order valence-corrected chi connectivity index (χ4v) is 5.50. The van der Waals surface area contributed by atoms with E-state index < -0.39 is 0 Å². The molecule has 0 aromatic carbocycles. The lowest BCUT2D eigenvalue weighted by Crippen LogP contribution is -2.67. The van der Waals surface area contributed by atoms with Crippen LogP contribution in [0.25, 0.3) is 0 Å². The number of fused-ring (bicyclic) bond motifs is 1. The minimum atomic E-state index is -0.204. The Morgan fingerprint density at radius 2 is 2.07 bits per heavy atom. The molecule has 10 heteroatoms. The first kappa shape index (κ1) is 20.1. The number of aliphatic imine (C=N–C) groups is 1. The molecule has 2 amide bonds. The molecule has 1 aliphatic carbocycles. The van der Waals surface area contributed by atoms with E-state index in [0.29, 0.717) is 18.6 Å². The highest BCUT2D eigenvalue weighted by Gasteiger charge is 2.37. The Kier molecular flexibility index (Phi) is 6.52. The van der Waals surface area contributed by atoms with Gasteiger partial charge in [-0.3, -0.25) is 35.4 Å². The summed E-state index contributed by atoms with van der Waals surface area (Å²) in [6.45, 7) is 2.33. The van der Waals surface area contributed by atoms with Gasteiger partial charge < -0.3 is 10.1 Å². The molecule has 4 rings (SSSR count). The molecular formula is C18H30N6O3S. The summed E-state index contributed by atoms with van der Waals surface area (Å²) >= 11 is 1.14. The highest BCUT2D eigenvalue weighted by Crippen LogP contribution is 2.34. The third-order valence-electron chi connectivity index (χ3n) is 6.19. The second-order valence-electron chi connectivity index (χ2n) is 8.06. The maximum Gasteiger partial charge on any atom is 0.286 e. The minimum absolute atomic E-state index is 0.118. The molecule has 0 aromatic heterocycles. The van der Waals surface area contributed by atoms with E-state index in [2.05, 4.69) is 38.2 Å². The lowest BCUT2D eigenvalue weighted by molar-refractivity contribution is -0.119. The van der Waals surface area contributed by atoms with Crippen molar-refractivity contribution in [2.75, 3.05) is 26.9 Å². The number of nitrogens with zero attached hydrogens (tertiary/aromatic N) is 2. The van der Waals surface area contributed by atoms with Crippen molar-refractivity contribution in [1.82, 2.24) is 26.2 Å². The van der Waals surface area contributed by atoms with Gasteiger partial charge in [0.25, 0.3) is 5.24 Å². The van der Waals surface area contributed by atoms with Crippen LogP contribution in [-0.2, 0) is 9.53 Å². The third-order valence-corrected chi connectivity index (χ3v) is 7.19. The lowest BCUT2D eigenvalue weighted by Gasteiger charge is -2.40. The summed E-state index contributed by atoms with van der Waals surface area (Å²) in [7, 11) is 2.12. The zero-order valence-electron chi connectivity index (χ0n) is 16.2. The van der Waals surface area contributed by atoms with Crippen LogP contribution in [0.3, 0.4) is 0 Å². The Hall–Kier alpha value is -1.20. The lowest BCUT2D eigenvalue weighted by atomic mass is 9.84. The third kappa shape index (κ3) is 4.68. The van der Waals surface area contributed by atoms with Crippen molar-refractivity contribution in [2.45, 2.75) is 61.8 Å². The number of nitrogens with one attached hydrogen (secondary N) is 4. The number of carbonyl (C=O) groups is 2. The molecule has 0 aromatic rings. The van der Waals surface area contributed by atoms with Gasteiger partial charge in [0.05, 0.1) is 36.5 Å². The molecule has 0 bridgehead atoms. The highest BCUT2D eigenvalue weighted by atomic mass is 32.2. The zero-order chi connectivity index (χ0) is 19.5. The number of carbonyl (C=O) groups excluding carboxylic acids is 2. The molecule has 3 aliphatic heterocycles. The fourth-order valence-electron chi connectivity index (χ4n) is 4.55. The number of likely N-dealkylation sites (N-methyl/N-ethyl adjacent to an activating group) is 1. The van der Waals surface area contributed by atoms with E-state index in [1.54, 1.807) is 6.34 Å². The predicted octanol–water partition coefficient (Wildman–Crippen LogP) is 0.0379. The molecule has 4 atom stereocenters. The number of thioether (sulfide) groups is 1. The number of rotatable bonds is 7. The smallest absolute Gasteiger partial charge is 0.286 e. The maximum absolute atomic E-state index is 11.7. The van der Waals surface area contributed by atoms with Crippen molar-refractivity contribution in [1.29, 1.82) is 0 Å². The van der Waals surface area contributed by atoms with Crippen LogP contribution in [0.1, 0.15) is 32.1 Å². The van der Waals surface area contributed by atoms with Gasteiger partial charge in [0.1, 0.15) is 6.17 Å². The molecule has 28 heavy (non-hydrogen) atoms. The van der Waals surface area contributed by atoms with Gasteiger partial charge >= 0.3 is 0 Å². The van der Waals surface area contributed by atoms with Crippen LogP contribution in [0.5, 0.6) is 0 Å². The summed E-state index contributed by atoms with van der Waals surface area (Å²) in [4.78, 5) is 29.7. The van der Waals surface area contributed by atoms with Crippen molar-refractivity contribution in [3.05, 3.63) is 0 Å². The fraction of sp³-hybridized carbons (Fsp3) is 0.833. The van der Waals surface area contributed by atoms with Crippen LogP contribution >= 0.6 is 11.8 Å². The molecule has 2 saturated heterocycles. The Morgan fingerprint density at radius 3 is 2.82 bits per heavy atom. The quantitative estimate of drug-likeness (QED) is 0.466. The van der Waals surface area contributed by atoms with Gasteiger partial charge in [-0.1, -0.05) is 11.8 Å². The largest absolute Gasteiger partial charge is 0.377 e. The van der Waals surface area contributed by atoms with Gasteiger partial charge in [0, 0.05) is 13.2 Å². The van der Waals surface area contributed by atoms with Crippen LogP contribution in [-0.4, -0.2) is 79.0 Å². The van der Waals surface area contributed by atoms with Gasteiger partial charge in [-0.2, -0.15) is 0 Å². The zero-order valence-corrected chi connectivity index (χ0v) is 17.0. The molecule has 1 saturated carbocycles. The first-order valence-electron chi connectivity index (χ1n) is 10.2. The van der Waals surface area contributed by atoms with E-state index in [4.69, 9.17) is 4.74 Å². The van der Waals surface area contributed by atoms with Crippen LogP contribution in [0.15, 0.2) is 4.99 Å².